The van der Waals surface area contributed by atoms with Crippen LogP contribution in [0.3, 0.4) is 0 Å². The molecule has 2 unspecified atom stereocenters. The number of phosphoric ester groups is 1. The molecule has 4 rings (SSSR count). The van der Waals surface area contributed by atoms with E-state index in [1.54, 1.807) is 0 Å². The summed E-state index contributed by atoms with van der Waals surface area (Å²) in [5, 5.41) is 3.38. The molecule has 0 spiro atoms. The number of hydrogen-bond donors (Lipinski definition) is 2. The van der Waals surface area contributed by atoms with Crippen LogP contribution in [0.25, 0.3) is 11.3 Å². The Morgan fingerprint density at radius 1 is 1.11 bits per heavy atom. The maximum atomic E-state index is 12.9. The van der Waals surface area contributed by atoms with Crippen LogP contribution in [0, 0.1) is 10.8 Å². The van der Waals surface area contributed by atoms with Crippen LogP contribution in [0.15, 0.2) is 28.8 Å². The number of benzene rings is 1. The molecule has 1 aromatic carbocycles. The van der Waals surface area contributed by atoms with Gasteiger partial charge < -0.3 is 16.6 Å². The average molecular weight is 541 g/mol. The maximum Gasteiger partial charge on any atom is 1.00 e. The molecular formula is C20H25F3NNa2O8P. The Hall–Kier alpha value is 0.0500. The Morgan fingerprint density at radius 2 is 1.74 bits per heavy atom. The third-order valence-electron chi connectivity index (χ3n) is 6.04. The second-order valence-electron chi connectivity index (χ2n) is 9.75. The Bertz CT molecular complexity index is 1160. The van der Waals surface area contributed by atoms with Crippen molar-refractivity contribution in [1.29, 1.82) is 0 Å². The zero-order valence-electron chi connectivity index (χ0n) is 22.4. The van der Waals surface area contributed by atoms with Crippen molar-refractivity contribution in [2.45, 2.75) is 52.2 Å². The van der Waals surface area contributed by atoms with E-state index in [9.17, 15) is 27.5 Å². The van der Waals surface area contributed by atoms with Crippen molar-refractivity contribution in [2.75, 3.05) is 6.61 Å². The molecule has 2 aliphatic heterocycles. The summed E-state index contributed by atoms with van der Waals surface area (Å²) in [5.74, 6) is -3.24. The van der Waals surface area contributed by atoms with Crippen LogP contribution >= 0.6 is 7.82 Å². The van der Waals surface area contributed by atoms with Crippen molar-refractivity contribution >= 4 is 7.82 Å². The Balaban J connectivity index is 0.00000324. The van der Waals surface area contributed by atoms with Crippen LogP contribution in [0.5, 0.6) is 5.75 Å². The van der Waals surface area contributed by atoms with Crippen molar-refractivity contribution < 1.29 is 113 Å². The SMILES string of the molecule is CC(C)(C)C12OOC1(c1ccc(-c3cc(C(F)(F)F)on3)c(OP(=O)(O)O)c1)OCC2(C)C.[H-].[H-].[Na+].[Na+]. The van der Waals surface area contributed by atoms with Gasteiger partial charge in [0.1, 0.15) is 11.4 Å². The summed E-state index contributed by atoms with van der Waals surface area (Å²) in [4.78, 5) is 30.0. The predicted molar refractivity (Wildman–Crippen MR) is 108 cm³/mol. The van der Waals surface area contributed by atoms with Crippen molar-refractivity contribution in [3.8, 4) is 17.0 Å². The molecule has 2 saturated heterocycles. The molecule has 9 nitrogen and oxygen atoms in total. The van der Waals surface area contributed by atoms with Gasteiger partial charge in [0.2, 0.25) is 5.76 Å². The molecule has 15 heteroatoms. The van der Waals surface area contributed by atoms with Gasteiger partial charge in [0.05, 0.1) is 6.61 Å². The van der Waals surface area contributed by atoms with Crippen LogP contribution in [0.4, 0.5) is 13.2 Å². The molecule has 0 bridgehead atoms. The first kappa shape index (κ1) is 31.3. The van der Waals surface area contributed by atoms with Crippen molar-refractivity contribution in [2.24, 2.45) is 10.8 Å². The predicted octanol–water partition coefficient (Wildman–Crippen LogP) is -0.979. The smallest absolute Gasteiger partial charge is 1.00 e. The van der Waals surface area contributed by atoms with E-state index in [0.717, 1.165) is 0 Å². The minimum absolute atomic E-state index is 0. The number of fused-ring (bicyclic) bond motifs is 1. The Morgan fingerprint density at radius 3 is 2.20 bits per heavy atom. The number of ether oxygens (including phenoxy) is 1. The van der Waals surface area contributed by atoms with Gasteiger partial charge in [-0.15, -0.1) is 0 Å². The van der Waals surface area contributed by atoms with Crippen LogP contribution in [0.2, 0.25) is 0 Å². The molecular weight excluding hydrogens is 516 g/mol. The van der Waals surface area contributed by atoms with Crippen molar-refractivity contribution in [3.05, 3.63) is 35.6 Å². The fourth-order valence-corrected chi connectivity index (χ4v) is 5.32. The van der Waals surface area contributed by atoms with Gasteiger partial charge >= 0.3 is 73.1 Å². The summed E-state index contributed by atoms with van der Waals surface area (Å²) in [6.07, 6.45) is -4.79. The second-order valence-corrected chi connectivity index (χ2v) is 10.9. The van der Waals surface area contributed by atoms with Gasteiger partial charge in [-0.1, -0.05) is 45.8 Å². The molecule has 0 saturated carbocycles. The zero-order valence-corrected chi connectivity index (χ0v) is 25.3. The molecule has 0 amide bonds. The van der Waals surface area contributed by atoms with Gasteiger partial charge in [-0.05, 0) is 12.1 Å². The van der Waals surface area contributed by atoms with Crippen LogP contribution in [-0.4, -0.2) is 27.2 Å². The quantitative estimate of drug-likeness (QED) is 0.286. The number of aromatic nitrogens is 1. The summed E-state index contributed by atoms with van der Waals surface area (Å²) in [5.41, 5.74) is -2.18. The first-order valence-electron chi connectivity index (χ1n) is 9.88. The number of rotatable bonds is 4. The number of halogens is 3. The maximum absolute atomic E-state index is 12.9. The normalized spacial score (nSPS) is 25.7. The van der Waals surface area contributed by atoms with Gasteiger partial charge in [0.25, 0.3) is 5.79 Å². The Labute approximate surface area is 246 Å². The van der Waals surface area contributed by atoms with E-state index in [0.29, 0.717) is 11.6 Å². The topological polar surface area (TPSA) is 120 Å². The number of hydrogen-bond acceptors (Lipinski definition) is 7. The third kappa shape index (κ3) is 4.95. The first-order valence-corrected chi connectivity index (χ1v) is 11.4. The van der Waals surface area contributed by atoms with Crippen LogP contribution < -0.4 is 63.6 Å². The molecule has 2 atom stereocenters. The van der Waals surface area contributed by atoms with Gasteiger partial charge in [-0.2, -0.15) is 18.1 Å². The molecule has 2 fully saturated rings. The Kier molecular flexibility index (Phi) is 8.63. The summed E-state index contributed by atoms with van der Waals surface area (Å²) in [6, 6.07) is 4.64. The van der Waals surface area contributed by atoms with E-state index in [1.165, 1.54) is 18.2 Å². The summed E-state index contributed by atoms with van der Waals surface area (Å²) < 4.78 is 65.7. The fraction of sp³-hybridized carbons (Fsp3) is 0.550. The van der Waals surface area contributed by atoms with E-state index in [-0.39, 0.29) is 79.8 Å². The zero-order chi connectivity index (χ0) is 24.7. The monoisotopic (exact) mass is 541 g/mol. The van der Waals surface area contributed by atoms with E-state index < -0.39 is 47.7 Å². The number of nitrogens with zero attached hydrogens (tertiary/aromatic N) is 1. The van der Waals surface area contributed by atoms with E-state index in [4.69, 9.17) is 19.0 Å². The number of alkyl halides is 3. The summed E-state index contributed by atoms with van der Waals surface area (Å²) >= 11 is 0. The average Bonchev–Trinajstić information content (AvgIpc) is 3.13. The minimum atomic E-state index is -5.10. The standard InChI is InChI=1S/C20H23F3NO8P.2Na.2H/c1-16(2,3)20-17(4,5)10-28-18(20,31-32-20)11-6-7-12(14(8-11)30-33(25,26)27)13-9-15(29-24-13)19(21,22)23;;;;/h6-9H,10H2,1-5H3,(H2,25,26,27);;;;/q;2*+1;2*-1. The second kappa shape index (κ2) is 9.66. The van der Waals surface area contributed by atoms with E-state index in [1.807, 2.05) is 34.6 Å². The van der Waals surface area contributed by atoms with Crippen molar-refractivity contribution in [3.63, 3.8) is 0 Å². The summed E-state index contributed by atoms with van der Waals surface area (Å²) in [6.45, 7) is 9.96. The third-order valence-corrected chi connectivity index (χ3v) is 6.47. The molecule has 0 aliphatic carbocycles. The fourth-order valence-electron chi connectivity index (χ4n) is 4.91. The van der Waals surface area contributed by atoms with Gasteiger partial charge in [0, 0.05) is 28.0 Å². The van der Waals surface area contributed by atoms with Gasteiger partial charge in [0.15, 0.2) is 5.60 Å². The van der Waals surface area contributed by atoms with Gasteiger partial charge in [-0.25, -0.2) is 9.45 Å². The number of phosphoric acid groups is 1. The molecule has 2 aliphatic rings. The molecule has 2 N–H and O–H groups in total. The molecule has 1 aromatic heterocycles. The summed E-state index contributed by atoms with van der Waals surface area (Å²) in [7, 11) is -5.10. The minimum Gasteiger partial charge on any atom is -1.00 e. The van der Waals surface area contributed by atoms with E-state index >= 15 is 0 Å². The molecule has 186 valence electrons. The molecule has 0 radical (unpaired) electrons. The largest absolute Gasteiger partial charge is 1.00 e. The molecule has 35 heavy (non-hydrogen) atoms. The molecule has 3 heterocycles. The van der Waals surface area contributed by atoms with Gasteiger partial charge in [-0.3, -0.25) is 9.79 Å². The molecule has 2 aromatic rings. The van der Waals surface area contributed by atoms with Crippen LogP contribution in [-0.2, 0) is 31.0 Å². The van der Waals surface area contributed by atoms with E-state index in [2.05, 4.69) is 9.68 Å². The first-order chi connectivity index (χ1) is 14.9. The van der Waals surface area contributed by atoms with Crippen LogP contribution in [0.1, 0.15) is 48.8 Å². The van der Waals surface area contributed by atoms with Crippen molar-refractivity contribution in [1.82, 2.24) is 5.16 Å².